The molecular formula is C12H6ClNO3S. The van der Waals surface area contributed by atoms with E-state index in [1.54, 1.807) is 6.07 Å². The topological polar surface area (TPSA) is 63.3 Å². The molecule has 0 radical (unpaired) electrons. The van der Waals surface area contributed by atoms with Crippen molar-refractivity contribution in [3.05, 3.63) is 39.5 Å². The number of carboxylic acids is 1. The van der Waals surface area contributed by atoms with Crippen molar-refractivity contribution in [1.82, 2.24) is 4.98 Å². The number of aromatic nitrogens is 1. The molecular weight excluding hydrogens is 274 g/mol. The Morgan fingerprint density at radius 2 is 2.28 bits per heavy atom. The molecule has 0 bridgehead atoms. The van der Waals surface area contributed by atoms with Crippen LogP contribution in [-0.2, 0) is 0 Å². The summed E-state index contributed by atoms with van der Waals surface area (Å²) in [5.74, 6) is -0.677. The smallest absolute Gasteiger partial charge is 0.338 e. The van der Waals surface area contributed by atoms with Crippen LogP contribution >= 0.6 is 22.9 Å². The summed E-state index contributed by atoms with van der Waals surface area (Å²) in [5, 5.41) is 13.2. The predicted molar refractivity (Wildman–Crippen MR) is 69.3 cm³/mol. The minimum Gasteiger partial charge on any atom is -0.478 e. The number of rotatable bonds is 2. The second kappa shape index (κ2) is 4.12. The molecule has 6 heteroatoms. The zero-order valence-corrected chi connectivity index (χ0v) is 10.5. The fraction of sp³-hybridized carbons (Fsp3) is 0. The van der Waals surface area contributed by atoms with Crippen LogP contribution in [-0.4, -0.2) is 16.1 Å². The van der Waals surface area contributed by atoms with Crippen molar-refractivity contribution in [2.75, 3.05) is 0 Å². The maximum absolute atomic E-state index is 11.1. The van der Waals surface area contributed by atoms with Gasteiger partial charge in [-0.05, 0) is 17.5 Å². The van der Waals surface area contributed by atoms with Gasteiger partial charge < -0.3 is 9.52 Å². The molecule has 0 aliphatic rings. The molecule has 0 aliphatic carbocycles. The third kappa shape index (κ3) is 1.77. The molecule has 0 unspecified atom stereocenters. The average Bonchev–Trinajstić information content (AvgIpc) is 2.95. The summed E-state index contributed by atoms with van der Waals surface area (Å²) in [6.45, 7) is 0. The van der Waals surface area contributed by atoms with Gasteiger partial charge in [-0.2, -0.15) is 11.3 Å². The minimum absolute atomic E-state index is 0.0442. The number of aromatic carboxylic acids is 1. The summed E-state index contributed by atoms with van der Waals surface area (Å²) in [6.07, 6.45) is 0. The Labute approximate surface area is 110 Å². The van der Waals surface area contributed by atoms with E-state index in [4.69, 9.17) is 21.1 Å². The van der Waals surface area contributed by atoms with E-state index in [1.807, 2.05) is 16.8 Å². The van der Waals surface area contributed by atoms with Crippen LogP contribution in [0.1, 0.15) is 10.4 Å². The Morgan fingerprint density at radius 1 is 1.44 bits per heavy atom. The van der Waals surface area contributed by atoms with Crippen LogP contribution in [0, 0.1) is 0 Å². The van der Waals surface area contributed by atoms with Crippen LogP contribution in [0.5, 0.6) is 0 Å². The maximum atomic E-state index is 11.1. The van der Waals surface area contributed by atoms with Crippen LogP contribution in [0.4, 0.5) is 0 Å². The lowest BCUT2D eigenvalue weighted by molar-refractivity contribution is 0.0699. The van der Waals surface area contributed by atoms with Crippen LogP contribution < -0.4 is 0 Å². The number of halogens is 1. The first kappa shape index (κ1) is 11.3. The molecule has 0 saturated carbocycles. The van der Waals surface area contributed by atoms with Crippen molar-refractivity contribution < 1.29 is 14.3 Å². The van der Waals surface area contributed by atoms with Gasteiger partial charge in [-0.25, -0.2) is 9.78 Å². The average molecular weight is 280 g/mol. The largest absolute Gasteiger partial charge is 0.478 e. The van der Waals surface area contributed by atoms with Gasteiger partial charge in [0.05, 0.1) is 5.56 Å². The lowest BCUT2D eigenvalue weighted by atomic mass is 10.2. The normalized spacial score (nSPS) is 10.9. The van der Waals surface area contributed by atoms with E-state index < -0.39 is 5.97 Å². The number of benzene rings is 1. The van der Waals surface area contributed by atoms with Gasteiger partial charge >= 0.3 is 5.97 Å². The predicted octanol–water partition coefficient (Wildman–Crippen LogP) is 3.91. The molecule has 18 heavy (non-hydrogen) atoms. The van der Waals surface area contributed by atoms with E-state index in [0.717, 1.165) is 5.56 Å². The summed E-state index contributed by atoms with van der Waals surface area (Å²) in [4.78, 5) is 15.3. The molecule has 0 amide bonds. The Balaban J connectivity index is 2.29. The van der Waals surface area contributed by atoms with Gasteiger partial charge in [0, 0.05) is 22.0 Å². The quantitative estimate of drug-likeness (QED) is 0.772. The number of carboxylic acid groups (broad SMARTS) is 1. The number of hydrogen-bond donors (Lipinski definition) is 1. The molecule has 3 rings (SSSR count). The molecule has 90 valence electrons. The van der Waals surface area contributed by atoms with E-state index in [9.17, 15) is 4.79 Å². The molecule has 1 aromatic carbocycles. The Kier molecular flexibility index (Phi) is 2.57. The van der Waals surface area contributed by atoms with E-state index in [1.165, 1.54) is 17.4 Å². The molecule has 2 aromatic heterocycles. The number of carbonyl (C=O) groups is 1. The lowest BCUT2D eigenvalue weighted by Gasteiger charge is -1.95. The molecule has 0 atom stereocenters. The maximum Gasteiger partial charge on any atom is 0.338 e. The first-order valence-corrected chi connectivity index (χ1v) is 6.33. The molecule has 0 aliphatic heterocycles. The summed E-state index contributed by atoms with van der Waals surface area (Å²) < 4.78 is 5.53. The standard InChI is InChI=1S/C12H6ClNO3S/c13-7-3-8(12(15)16)10-9(4-7)17-11(14-10)6-1-2-18-5-6/h1-5H,(H,15,16). The highest BCUT2D eigenvalue weighted by Crippen LogP contribution is 2.29. The third-order valence-corrected chi connectivity index (χ3v) is 3.36. The van der Waals surface area contributed by atoms with Crippen molar-refractivity contribution in [2.24, 2.45) is 0 Å². The van der Waals surface area contributed by atoms with E-state index in [-0.39, 0.29) is 5.56 Å². The zero-order chi connectivity index (χ0) is 12.7. The Hall–Kier alpha value is -1.85. The molecule has 0 saturated heterocycles. The van der Waals surface area contributed by atoms with Crippen molar-refractivity contribution >= 4 is 40.0 Å². The number of thiophene rings is 1. The number of fused-ring (bicyclic) bond motifs is 1. The first-order chi connectivity index (χ1) is 8.65. The summed E-state index contributed by atoms with van der Waals surface area (Å²) >= 11 is 7.37. The molecule has 1 N–H and O–H groups in total. The second-order valence-electron chi connectivity index (χ2n) is 3.64. The zero-order valence-electron chi connectivity index (χ0n) is 8.88. The molecule has 2 heterocycles. The fourth-order valence-electron chi connectivity index (χ4n) is 1.67. The van der Waals surface area contributed by atoms with E-state index in [2.05, 4.69) is 4.98 Å². The van der Waals surface area contributed by atoms with Crippen LogP contribution in [0.15, 0.2) is 33.4 Å². The van der Waals surface area contributed by atoms with Gasteiger partial charge in [-0.1, -0.05) is 11.6 Å². The number of oxazole rings is 1. The minimum atomic E-state index is -1.08. The highest BCUT2D eigenvalue weighted by molar-refractivity contribution is 7.08. The highest BCUT2D eigenvalue weighted by atomic mass is 35.5. The third-order valence-electron chi connectivity index (χ3n) is 2.46. The van der Waals surface area contributed by atoms with Crippen LogP contribution in [0.3, 0.4) is 0 Å². The first-order valence-electron chi connectivity index (χ1n) is 5.01. The Morgan fingerprint density at radius 3 is 2.94 bits per heavy atom. The molecule has 3 aromatic rings. The fourth-order valence-corrected chi connectivity index (χ4v) is 2.51. The van der Waals surface area contributed by atoms with E-state index >= 15 is 0 Å². The van der Waals surface area contributed by atoms with Gasteiger partial charge in [-0.15, -0.1) is 0 Å². The van der Waals surface area contributed by atoms with Crippen molar-refractivity contribution in [1.29, 1.82) is 0 Å². The second-order valence-corrected chi connectivity index (χ2v) is 4.85. The SMILES string of the molecule is O=C(O)c1cc(Cl)cc2oc(-c3ccsc3)nc12. The highest BCUT2D eigenvalue weighted by Gasteiger charge is 2.17. The van der Waals surface area contributed by atoms with E-state index in [0.29, 0.717) is 22.0 Å². The Bertz CT molecular complexity index is 733. The van der Waals surface area contributed by atoms with Crippen molar-refractivity contribution in [3.63, 3.8) is 0 Å². The van der Waals surface area contributed by atoms with Crippen LogP contribution in [0.2, 0.25) is 5.02 Å². The van der Waals surface area contributed by atoms with Gasteiger partial charge in [0.2, 0.25) is 5.89 Å². The number of hydrogen-bond acceptors (Lipinski definition) is 4. The van der Waals surface area contributed by atoms with Crippen LogP contribution in [0.25, 0.3) is 22.6 Å². The van der Waals surface area contributed by atoms with Crippen molar-refractivity contribution in [2.45, 2.75) is 0 Å². The van der Waals surface area contributed by atoms with Gasteiger partial charge in [0.1, 0.15) is 5.52 Å². The summed E-state index contributed by atoms with van der Waals surface area (Å²) in [6, 6.07) is 4.79. The molecule has 4 nitrogen and oxygen atoms in total. The van der Waals surface area contributed by atoms with Crippen molar-refractivity contribution in [3.8, 4) is 11.5 Å². The summed E-state index contributed by atoms with van der Waals surface area (Å²) in [5.41, 5.74) is 1.56. The monoisotopic (exact) mass is 279 g/mol. The van der Waals surface area contributed by atoms with Gasteiger partial charge in [0.25, 0.3) is 0 Å². The van der Waals surface area contributed by atoms with Gasteiger partial charge in [0.15, 0.2) is 5.58 Å². The molecule has 0 spiro atoms. The summed E-state index contributed by atoms with van der Waals surface area (Å²) in [7, 11) is 0. The number of nitrogens with zero attached hydrogens (tertiary/aromatic N) is 1. The lowest BCUT2D eigenvalue weighted by Crippen LogP contribution is -1.97. The molecule has 0 fully saturated rings. The van der Waals surface area contributed by atoms with Gasteiger partial charge in [-0.3, -0.25) is 0 Å².